The quantitative estimate of drug-likeness (QED) is 0.816. The number of amides is 2. The molecule has 2 rings (SSSR count). The van der Waals surface area contributed by atoms with Crippen molar-refractivity contribution < 1.29 is 14.3 Å². The Hall–Kier alpha value is -1.53. The largest absolute Gasteiger partial charge is 0.378 e. The maximum atomic E-state index is 12.2. The van der Waals surface area contributed by atoms with E-state index in [9.17, 15) is 9.59 Å². The van der Waals surface area contributed by atoms with E-state index in [0.29, 0.717) is 36.8 Å². The number of carbonyl (C=O) groups excluding carboxylic acids is 2. The molecular weight excluding hydrogens is 276 g/mol. The summed E-state index contributed by atoms with van der Waals surface area (Å²) < 4.78 is 5.20. The Bertz CT molecular complexity index is 501. The molecule has 0 aliphatic carbocycles. The lowest BCUT2D eigenvalue weighted by Crippen LogP contribution is -2.50. The molecule has 1 N–H and O–H groups in total. The summed E-state index contributed by atoms with van der Waals surface area (Å²) in [5.41, 5.74) is 0.499. The van der Waals surface area contributed by atoms with Gasteiger partial charge >= 0.3 is 0 Å². The first-order valence-corrected chi connectivity index (χ1v) is 6.99. The number of hydrogen-bond donors (Lipinski definition) is 2. The van der Waals surface area contributed by atoms with Gasteiger partial charge in [-0.15, -0.1) is 12.6 Å². The predicted molar refractivity (Wildman–Crippen MR) is 78.0 cm³/mol. The van der Waals surface area contributed by atoms with E-state index < -0.39 is 6.04 Å². The average molecular weight is 294 g/mol. The monoisotopic (exact) mass is 294 g/mol. The normalized spacial score (nSPS) is 16.6. The van der Waals surface area contributed by atoms with Crippen molar-refractivity contribution in [3.05, 3.63) is 29.8 Å². The van der Waals surface area contributed by atoms with Gasteiger partial charge in [-0.25, -0.2) is 0 Å². The highest BCUT2D eigenvalue weighted by Crippen LogP contribution is 2.09. The molecular formula is C14H18N2O3S. The van der Waals surface area contributed by atoms with E-state index in [1.54, 1.807) is 36.1 Å². The van der Waals surface area contributed by atoms with Gasteiger partial charge in [0.2, 0.25) is 5.91 Å². The lowest BCUT2D eigenvalue weighted by molar-refractivity contribution is -0.136. The molecule has 6 heteroatoms. The SMILES string of the molecule is CC(NC(=O)c1cccc(S)c1)C(=O)N1CCOCC1. The number of carbonyl (C=O) groups is 2. The zero-order valence-electron chi connectivity index (χ0n) is 11.3. The highest BCUT2D eigenvalue weighted by molar-refractivity contribution is 7.80. The van der Waals surface area contributed by atoms with Crippen LogP contribution in [0.25, 0.3) is 0 Å². The van der Waals surface area contributed by atoms with Gasteiger partial charge in [-0.1, -0.05) is 6.07 Å². The Balaban J connectivity index is 1.94. The number of rotatable bonds is 3. The molecule has 2 amide bonds. The minimum atomic E-state index is -0.552. The van der Waals surface area contributed by atoms with Gasteiger partial charge in [0.05, 0.1) is 13.2 Å². The Morgan fingerprint density at radius 2 is 2.05 bits per heavy atom. The lowest BCUT2D eigenvalue weighted by atomic mass is 10.2. The number of nitrogens with zero attached hydrogens (tertiary/aromatic N) is 1. The van der Waals surface area contributed by atoms with Gasteiger partial charge in [0.25, 0.3) is 5.91 Å². The van der Waals surface area contributed by atoms with Gasteiger partial charge < -0.3 is 15.0 Å². The van der Waals surface area contributed by atoms with E-state index in [4.69, 9.17) is 4.74 Å². The van der Waals surface area contributed by atoms with Gasteiger partial charge in [0.1, 0.15) is 6.04 Å². The second-order valence-corrected chi connectivity index (χ2v) is 5.20. The zero-order chi connectivity index (χ0) is 14.5. The van der Waals surface area contributed by atoms with Crippen molar-refractivity contribution in [2.45, 2.75) is 17.9 Å². The van der Waals surface area contributed by atoms with Crippen LogP contribution >= 0.6 is 12.6 Å². The summed E-state index contributed by atoms with van der Waals surface area (Å²) in [6.45, 7) is 3.94. The van der Waals surface area contributed by atoms with Crippen molar-refractivity contribution in [1.82, 2.24) is 10.2 Å². The van der Waals surface area contributed by atoms with Crippen LogP contribution in [0.1, 0.15) is 17.3 Å². The molecule has 5 nitrogen and oxygen atoms in total. The molecule has 0 saturated carbocycles. The topological polar surface area (TPSA) is 58.6 Å². The second kappa shape index (κ2) is 6.76. The predicted octanol–water partition coefficient (Wildman–Crippen LogP) is 0.952. The molecule has 1 heterocycles. The van der Waals surface area contributed by atoms with Crippen LogP contribution in [0.15, 0.2) is 29.2 Å². The van der Waals surface area contributed by atoms with Crippen LogP contribution in [0.2, 0.25) is 0 Å². The molecule has 1 atom stereocenters. The van der Waals surface area contributed by atoms with Gasteiger partial charge in [-0.3, -0.25) is 9.59 Å². The maximum Gasteiger partial charge on any atom is 0.251 e. The van der Waals surface area contributed by atoms with Crippen molar-refractivity contribution in [2.75, 3.05) is 26.3 Å². The first-order valence-electron chi connectivity index (χ1n) is 6.54. The molecule has 1 unspecified atom stereocenters. The van der Waals surface area contributed by atoms with Gasteiger partial charge in [-0.2, -0.15) is 0 Å². The first kappa shape index (κ1) is 14.9. The number of thiol groups is 1. The second-order valence-electron chi connectivity index (χ2n) is 4.68. The summed E-state index contributed by atoms with van der Waals surface area (Å²) in [5.74, 6) is -0.348. The number of ether oxygens (including phenoxy) is 1. The van der Waals surface area contributed by atoms with Crippen LogP contribution < -0.4 is 5.32 Å². The Kier molecular flexibility index (Phi) is 5.03. The van der Waals surface area contributed by atoms with Gasteiger partial charge in [-0.05, 0) is 25.1 Å². The minimum Gasteiger partial charge on any atom is -0.378 e. The summed E-state index contributed by atoms with van der Waals surface area (Å²) in [6, 6.07) is 6.36. The number of nitrogens with one attached hydrogen (secondary N) is 1. The van der Waals surface area contributed by atoms with Crippen LogP contribution in [-0.2, 0) is 9.53 Å². The number of hydrogen-bond acceptors (Lipinski definition) is 4. The highest BCUT2D eigenvalue weighted by Gasteiger charge is 2.23. The Morgan fingerprint density at radius 3 is 2.70 bits per heavy atom. The van der Waals surface area contributed by atoms with Gasteiger partial charge in [0, 0.05) is 23.5 Å². The van der Waals surface area contributed by atoms with Crippen LogP contribution in [0.5, 0.6) is 0 Å². The summed E-state index contributed by atoms with van der Waals surface area (Å²) in [7, 11) is 0. The van der Waals surface area contributed by atoms with E-state index >= 15 is 0 Å². The third kappa shape index (κ3) is 3.74. The molecule has 0 radical (unpaired) electrons. The van der Waals surface area contributed by atoms with Crippen LogP contribution in [0.4, 0.5) is 0 Å². The number of morpholine rings is 1. The minimum absolute atomic E-state index is 0.0799. The fourth-order valence-corrected chi connectivity index (χ4v) is 2.27. The standard InChI is InChI=1S/C14H18N2O3S/c1-10(14(18)16-5-7-19-8-6-16)15-13(17)11-3-2-4-12(20)9-11/h2-4,9-10,20H,5-8H2,1H3,(H,15,17). The van der Waals surface area contributed by atoms with E-state index in [0.717, 1.165) is 0 Å². The first-order chi connectivity index (χ1) is 9.58. The molecule has 1 aliphatic heterocycles. The van der Waals surface area contributed by atoms with Crippen molar-refractivity contribution in [1.29, 1.82) is 0 Å². The number of benzene rings is 1. The molecule has 1 saturated heterocycles. The molecule has 1 aromatic rings. The van der Waals surface area contributed by atoms with Crippen molar-refractivity contribution in [3.63, 3.8) is 0 Å². The summed E-state index contributed by atoms with van der Waals surface area (Å²) in [5, 5.41) is 2.72. The summed E-state index contributed by atoms with van der Waals surface area (Å²) in [6.07, 6.45) is 0. The molecule has 0 spiro atoms. The van der Waals surface area contributed by atoms with E-state index in [-0.39, 0.29) is 11.8 Å². The lowest BCUT2D eigenvalue weighted by Gasteiger charge is -2.29. The fraction of sp³-hybridized carbons (Fsp3) is 0.429. The molecule has 108 valence electrons. The van der Waals surface area contributed by atoms with Gasteiger partial charge in [0.15, 0.2) is 0 Å². The molecule has 1 fully saturated rings. The average Bonchev–Trinajstić information content (AvgIpc) is 2.47. The third-order valence-electron chi connectivity index (χ3n) is 3.15. The fourth-order valence-electron chi connectivity index (χ4n) is 2.05. The van der Waals surface area contributed by atoms with E-state index in [1.165, 1.54) is 0 Å². The molecule has 1 aliphatic rings. The maximum absolute atomic E-state index is 12.2. The zero-order valence-corrected chi connectivity index (χ0v) is 12.2. The van der Waals surface area contributed by atoms with E-state index in [1.807, 2.05) is 0 Å². The molecule has 1 aromatic carbocycles. The van der Waals surface area contributed by atoms with Crippen LogP contribution in [0, 0.1) is 0 Å². The summed E-state index contributed by atoms with van der Waals surface area (Å²) >= 11 is 4.19. The highest BCUT2D eigenvalue weighted by atomic mass is 32.1. The van der Waals surface area contributed by atoms with Crippen LogP contribution in [0.3, 0.4) is 0 Å². The summed E-state index contributed by atoms with van der Waals surface area (Å²) in [4.78, 5) is 26.7. The van der Waals surface area contributed by atoms with Crippen LogP contribution in [-0.4, -0.2) is 49.1 Å². The van der Waals surface area contributed by atoms with Crippen molar-refractivity contribution in [3.8, 4) is 0 Å². The van der Waals surface area contributed by atoms with E-state index in [2.05, 4.69) is 17.9 Å². The molecule has 20 heavy (non-hydrogen) atoms. The van der Waals surface area contributed by atoms with Crippen molar-refractivity contribution >= 4 is 24.4 Å². The molecule has 0 bridgehead atoms. The van der Waals surface area contributed by atoms with Crippen molar-refractivity contribution in [2.24, 2.45) is 0 Å². The Morgan fingerprint density at radius 1 is 1.35 bits per heavy atom. The smallest absolute Gasteiger partial charge is 0.251 e. The third-order valence-corrected chi connectivity index (χ3v) is 3.43. The molecule has 0 aromatic heterocycles. The Labute approximate surface area is 123 Å².